The van der Waals surface area contributed by atoms with Gasteiger partial charge in [0.1, 0.15) is 0 Å². The summed E-state index contributed by atoms with van der Waals surface area (Å²) < 4.78 is 3.24. The Morgan fingerprint density at radius 2 is 2.00 bits per heavy atom. The highest BCUT2D eigenvalue weighted by molar-refractivity contribution is 9.10. The first-order valence-corrected chi connectivity index (χ1v) is 6.94. The highest BCUT2D eigenvalue weighted by Gasteiger charge is 2.03. The van der Waals surface area contributed by atoms with E-state index in [1.165, 1.54) is 5.56 Å². The quantitative estimate of drug-likeness (QED) is 0.911. The molecule has 1 N–H and O–H groups in total. The van der Waals surface area contributed by atoms with Gasteiger partial charge in [0.2, 0.25) is 5.95 Å². The molecule has 0 aliphatic rings. The molecule has 0 aliphatic heterocycles. The number of hydrogen-bond acceptors (Lipinski definition) is 2. The van der Waals surface area contributed by atoms with Gasteiger partial charge in [-0.05, 0) is 23.6 Å². The van der Waals surface area contributed by atoms with Crippen LogP contribution in [-0.2, 0) is 6.54 Å². The van der Waals surface area contributed by atoms with Gasteiger partial charge in [0, 0.05) is 23.4 Å². The van der Waals surface area contributed by atoms with Gasteiger partial charge in [-0.25, -0.2) is 4.98 Å². The molecule has 0 unspecified atom stereocenters. The van der Waals surface area contributed by atoms with Crippen LogP contribution in [0, 0.1) is 5.92 Å². The third-order valence-electron chi connectivity index (χ3n) is 2.65. The predicted molar refractivity (Wildman–Crippen MR) is 78.8 cm³/mol. The first kappa shape index (κ1) is 13.1. The van der Waals surface area contributed by atoms with E-state index >= 15 is 0 Å². The molecule has 1 heterocycles. The van der Waals surface area contributed by atoms with Crippen molar-refractivity contribution in [1.29, 1.82) is 0 Å². The molecule has 0 fully saturated rings. The Balaban J connectivity index is 2.05. The second-order valence-corrected chi connectivity index (χ2v) is 5.70. The van der Waals surface area contributed by atoms with E-state index < -0.39 is 0 Å². The number of benzene rings is 1. The molecule has 2 aromatic rings. The van der Waals surface area contributed by atoms with Crippen molar-refractivity contribution in [3.63, 3.8) is 0 Å². The van der Waals surface area contributed by atoms with Crippen molar-refractivity contribution in [3.8, 4) is 0 Å². The van der Waals surface area contributed by atoms with E-state index in [2.05, 4.69) is 68.9 Å². The van der Waals surface area contributed by atoms with Crippen molar-refractivity contribution in [1.82, 2.24) is 9.55 Å². The molecule has 3 nitrogen and oxygen atoms in total. The maximum Gasteiger partial charge on any atom is 0.203 e. The van der Waals surface area contributed by atoms with Crippen LogP contribution in [0.25, 0.3) is 0 Å². The van der Waals surface area contributed by atoms with E-state index in [0.29, 0.717) is 5.92 Å². The highest BCUT2D eigenvalue weighted by Crippen LogP contribution is 2.14. The zero-order chi connectivity index (χ0) is 13.0. The molecular formula is C14H18BrN3. The van der Waals surface area contributed by atoms with Gasteiger partial charge in [0.15, 0.2) is 0 Å². The van der Waals surface area contributed by atoms with Crippen LogP contribution in [0.15, 0.2) is 41.1 Å². The van der Waals surface area contributed by atoms with Crippen LogP contribution in [0.5, 0.6) is 0 Å². The minimum atomic E-state index is 0.614. The summed E-state index contributed by atoms with van der Waals surface area (Å²) in [6.07, 6.45) is 3.84. The summed E-state index contributed by atoms with van der Waals surface area (Å²) in [5.41, 5.74) is 1.27. The molecule has 0 saturated heterocycles. The van der Waals surface area contributed by atoms with Crippen molar-refractivity contribution in [2.75, 3.05) is 11.9 Å². The minimum absolute atomic E-state index is 0.614. The van der Waals surface area contributed by atoms with Crippen molar-refractivity contribution in [2.45, 2.75) is 20.4 Å². The van der Waals surface area contributed by atoms with Gasteiger partial charge >= 0.3 is 0 Å². The van der Waals surface area contributed by atoms with Crippen LogP contribution in [0.1, 0.15) is 19.4 Å². The summed E-state index contributed by atoms with van der Waals surface area (Å²) in [5, 5.41) is 3.37. The Hall–Kier alpha value is -1.29. The van der Waals surface area contributed by atoms with Crippen molar-refractivity contribution in [2.24, 2.45) is 5.92 Å². The lowest BCUT2D eigenvalue weighted by molar-refractivity contribution is 0.676. The van der Waals surface area contributed by atoms with E-state index in [0.717, 1.165) is 23.5 Å². The molecule has 0 bridgehead atoms. The number of hydrogen-bond donors (Lipinski definition) is 1. The summed E-state index contributed by atoms with van der Waals surface area (Å²) in [5.74, 6) is 1.55. The highest BCUT2D eigenvalue weighted by atomic mass is 79.9. The van der Waals surface area contributed by atoms with E-state index in [1.807, 2.05) is 12.4 Å². The summed E-state index contributed by atoms with van der Waals surface area (Å²) in [4.78, 5) is 4.34. The van der Waals surface area contributed by atoms with Crippen molar-refractivity contribution in [3.05, 3.63) is 46.7 Å². The molecule has 96 valence electrons. The smallest absolute Gasteiger partial charge is 0.203 e. The first-order chi connectivity index (χ1) is 8.65. The second-order valence-electron chi connectivity index (χ2n) is 4.78. The lowest BCUT2D eigenvalue weighted by Gasteiger charge is -2.11. The zero-order valence-electron chi connectivity index (χ0n) is 10.7. The molecule has 1 aromatic carbocycles. The van der Waals surface area contributed by atoms with Gasteiger partial charge in [-0.15, -0.1) is 0 Å². The average molecular weight is 308 g/mol. The van der Waals surface area contributed by atoms with Crippen LogP contribution in [0.2, 0.25) is 0 Å². The third kappa shape index (κ3) is 3.60. The van der Waals surface area contributed by atoms with E-state index in [9.17, 15) is 0 Å². The van der Waals surface area contributed by atoms with Crippen molar-refractivity contribution >= 4 is 21.9 Å². The van der Waals surface area contributed by atoms with Crippen LogP contribution < -0.4 is 5.32 Å². The Labute approximate surface area is 116 Å². The maximum absolute atomic E-state index is 4.34. The molecular weight excluding hydrogens is 290 g/mol. The van der Waals surface area contributed by atoms with Gasteiger partial charge in [0.25, 0.3) is 0 Å². The number of nitrogens with zero attached hydrogens (tertiary/aromatic N) is 2. The van der Waals surface area contributed by atoms with Crippen LogP contribution in [0.4, 0.5) is 5.95 Å². The molecule has 0 atom stereocenters. The lowest BCUT2D eigenvalue weighted by Crippen LogP contribution is -2.13. The standard InChI is InChI=1S/C14H18BrN3/c1-11(2)9-17-14-16-7-8-18(14)10-12-3-5-13(15)6-4-12/h3-8,11H,9-10H2,1-2H3,(H,16,17). The third-order valence-corrected chi connectivity index (χ3v) is 3.18. The Kier molecular flexibility index (Phi) is 4.42. The fourth-order valence-corrected chi connectivity index (χ4v) is 1.95. The topological polar surface area (TPSA) is 29.9 Å². The summed E-state index contributed by atoms with van der Waals surface area (Å²) in [7, 11) is 0. The molecule has 18 heavy (non-hydrogen) atoms. The summed E-state index contributed by atoms with van der Waals surface area (Å²) in [6, 6.07) is 8.37. The van der Waals surface area contributed by atoms with Crippen molar-refractivity contribution < 1.29 is 0 Å². The molecule has 1 aromatic heterocycles. The van der Waals surface area contributed by atoms with Crippen LogP contribution in [-0.4, -0.2) is 16.1 Å². The average Bonchev–Trinajstić information content (AvgIpc) is 2.77. The SMILES string of the molecule is CC(C)CNc1nccn1Cc1ccc(Br)cc1. The summed E-state index contributed by atoms with van der Waals surface area (Å²) >= 11 is 3.45. The van der Waals surface area contributed by atoms with Gasteiger partial charge in [-0.2, -0.15) is 0 Å². The lowest BCUT2D eigenvalue weighted by atomic mass is 10.2. The molecule has 0 aliphatic carbocycles. The van der Waals surface area contributed by atoms with Crippen LogP contribution >= 0.6 is 15.9 Å². The predicted octanol–water partition coefficient (Wildman–Crippen LogP) is 3.76. The van der Waals surface area contributed by atoms with Gasteiger partial charge < -0.3 is 9.88 Å². The van der Waals surface area contributed by atoms with E-state index in [4.69, 9.17) is 0 Å². The Morgan fingerprint density at radius 1 is 1.28 bits per heavy atom. The molecule has 2 rings (SSSR count). The molecule has 0 amide bonds. The number of rotatable bonds is 5. The van der Waals surface area contributed by atoms with Gasteiger partial charge in [-0.3, -0.25) is 0 Å². The second kappa shape index (κ2) is 6.05. The molecule has 0 spiro atoms. The number of anilines is 1. The van der Waals surface area contributed by atoms with E-state index in [1.54, 1.807) is 0 Å². The monoisotopic (exact) mass is 307 g/mol. The first-order valence-electron chi connectivity index (χ1n) is 6.14. The number of aromatic nitrogens is 2. The number of nitrogens with one attached hydrogen (secondary N) is 1. The molecule has 0 radical (unpaired) electrons. The Morgan fingerprint density at radius 3 is 2.67 bits per heavy atom. The van der Waals surface area contributed by atoms with Gasteiger partial charge in [-0.1, -0.05) is 41.9 Å². The number of imidazole rings is 1. The fourth-order valence-electron chi connectivity index (χ4n) is 1.69. The number of halogens is 1. The fraction of sp³-hybridized carbons (Fsp3) is 0.357. The zero-order valence-corrected chi connectivity index (χ0v) is 12.3. The molecule has 4 heteroatoms. The minimum Gasteiger partial charge on any atom is -0.355 e. The normalized spacial score (nSPS) is 10.9. The maximum atomic E-state index is 4.34. The van der Waals surface area contributed by atoms with Crippen LogP contribution in [0.3, 0.4) is 0 Å². The Bertz CT molecular complexity index is 488. The molecule has 0 saturated carbocycles. The summed E-state index contributed by atoms with van der Waals surface area (Å²) in [6.45, 7) is 6.16. The largest absolute Gasteiger partial charge is 0.355 e. The van der Waals surface area contributed by atoms with E-state index in [-0.39, 0.29) is 0 Å². The van der Waals surface area contributed by atoms with Gasteiger partial charge in [0.05, 0.1) is 6.54 Å².